The SMILES string of the molecule is CCOC(=O)C(=O)N[C@@H](C)C(=O)O. The zero-order valence-electron chi connectivity index (χ0n) is 7.36. The molecule has 0 radical (unpaired) electrons. The molecule has 0 aromatic carbocycles. The molecular weight excluding hydrogens is 178 g/mol. The van der Waals surface area contributed by atoms with Crippen molar-refractivity contribution in [2.24, 2.45) is 0 Å². The summed E-state index contributed by atoms with van der Waals surface area (Å²) in [5, 5.41) is 10.3. The van der Waals surface area contributed by atoms with Crippen molar-refractivity contribution in [1.82, 2.24) is 5.32 Å². The summed E-state index contributed by atoms with van der Waals surface area (Å²) in [4.78, 5) is 31.7. The second-order valence-electron chi connectivity index (χ2n) is 2.25. The highest BCUT2D eigenvalue weighted by Crippen LogP contribution is 1.84. The molecule has 0 aliphatic heterocycles. The van der Waals surface area contributed by atoms with Gasteiger partial charge in [0.2, 0.25) is 0 Å². The van der Waals surface area contributed by atoms with Crippen molar-refractivity contribution in [2.45, 2.75) is 19.9 Å². The fraction of sp³-hybridized carbons (Fsp3) is 0.571. The lowest BCUT2D eigenvalue weighted by atomic mass is 10.3. The first-order valence-corrected chi connectivity index (χ1v) is 3.69. The summed E-state index contributed by atoms with van der Waals surface area (Å²) < 4.78 is 4.34. The smallest absolute Gasteiger partial charge is 0.396 e. The Morgan fingerprint density at radius 3 is 2.38 bits per heavy atom. The molecule has 0 aromatic rings. The first kappa shape index (κ1) is 11.4. The molecule has 0 spiro atoms. The molecule has 13 heavy (non-hydrogen) atoms. The van der Waals surface area contributed by atoms with E-state index in [1.54, 1.807) is 6.92 Å². The van der Waals surface area contributed by atoms with Crippen LogP contribution in [-0.2, 0) is 19.1 Å². The highest BCUT2D eigenvalue weighted by Gasteiger charge is 2.20. The fourth-order valence-electron chi connectivity index (χ4n) is 0.514. The van der Waals surface area contributed by atoms with Crippen LogP contribution in [0.3, 0.4) is 0 Å². The molecule has 0 aliphatic rings. The molecule has 0 rings (SSSR count). The Bertz CT molecular complexity index is 225. The first-order valence-electron chi connectivity index (χ1n) is 3.69. The number of carboxylic acid groups (broad SMARTS) is 1. The number of carbonyl (C=O) groups excluding carboxylic acids is 2. The number of carboxylic acids is 1. The van der Waals surface area contributed by atoms with Gasteiger partial charge in [-0.3, -0.25) is 9.59 Å². The van der Waals surface area contributed by atoms with E-state index in [0.29, 0.717) is 0 Å². The molecule has 0 saturated carbocycles. The van der Waals surface area contributed by atoms with Gasteiger partial charge in [-0.1, -0.05) is 0 Å². The largest absolute Gasteiger partial charge is 0.480 e. The third-order valence-electron chi connectivity index (χ3n) is 1.18. The van der Waals surface area contributed by atoms with Gasteiger partial charge in [0, 0.05) is 0 Å². The molecule has 0 fully saturated rings. The van der Waals surface area contributed by atoms with Crippen LogP contribution in [0.2, 0.25) is 0 Å². The zero-order valence-corrected chi connectivity index (χ0v) is 7.36. The molecule has 0 bridgehead atoms. The molecule has 1 atom stereocenters. The third-order valence-corrected chi connectivity index (χ3v) is 1.18. The van der Waals surface area contributed by atoms with E-state index in [9.17, 15) is 14.4 Å². The molecule has 0 saturated heterocycles. The molecule has 0 unspecified atom stereocenters. The normalized spacial score (nSPS) is 11.5. The number of amides is 1. The van der Waals surface area contributed by atoms with Crippen LogP contribution in [-0.4, -0.2) is 35.6 Å². The van der Waals surface area contributed by atoms with Gasteiger partial charge in [0.25, 0.3) is 0 Å². The quantitative estimate of drug-likeness (QED) is 0.445. The van der Waals surface area contributed by atoms with Crippen LogP contribution in [0.15, 0.2) is 0 Å². The van der Waals surface area contributed by atoms with Crippen LogP contribution in [0.4, 0.5) is 0 Å². The van der Waals surface area contributed by atoms with E-state index in [1.807, 2.05) is 5.32 Å². The van der Waals surface area contributed by atoms with Gasteiger partial charge in [0.05, 0.1) is 6.61 Å². The Kier molecular flexibility index (Phi) is 4.50. The second kappa shape index (κ2) is 5.13. The van der Waals surface area contributed by atoms with Crippen LogP contribution in [0.1, 0.15) is 13.8 Å². The molecule has 0 aromatic heterocycles. The Morgan fingerprint density at radius 1 is 1.46 bits per heavy atom. The zero-order chi connectivity index (χ0) is 10.4. The lowest BCUT2D eigenvalue weighted by molar-refractivity contribution is -0.155. The number of hydrogen-bond acceptors (Lipinski definition) is 4. The standard InChI is InChI=1S/C7H11NO5/c1-3-13-7(12)5(9)8-4(2)6(10)11/h4H,3H2,1-2H3,(H,8,9)(H,10,11)/t4-/m0/s1. The summed E-state index contributed by atoms with van der Waals surface area (Å²) >= 11 is 0. The molecule has 2 N–H and O–H groups in total. The summed E-state index contributed by atoms with van der Waals surface area (Å²) in [5.41, 5.74) is 0. The monoisotopic (exact) mass is 189 g/mol. The minimum atomic E-state index is -1.21. The minimum absolute atomic E-state index is 0.0771. The van der Waals surface area contributed by atoms with E-state index in [4.69, 9.17) is 5.11 Å². The van der Waals surface area contributed by atoms with Gasteiger partial charge in [-0.25, -0.2) is 4.79 Å². The van der Waals surface area contributed by atoms with Crippen molar-refractivity contribution in [1.29, 1.82) is 0 Å². The third kappa shape index (κ3) is 4.09. The Balaban J connectivity index is 4.00. The minimum Gasteiger partial charge on any atom is -0.480 e. The second-order valence-corrected chi connectivity index (χ2v) is 2.25. The maximum absolute atomic E-state index is 10.8. The van der Waals surface area contributed by atoms with Crippen LogP contribution in [0.5, 0.6) is 0 Å². The average Bonchev–Trinajstić information content (AvgIpc) is 2.04. The fourth-order valence-corrected chi connectivity index (χ4v) is 0.514. The van der Waals surface area contributed by atoms with E-state index in [0.717, 1.165) is 0 Å². The Labute approximate surface area is 74.9 Å². The van der Waals surface area contributed by atoms with Gasteiger partial charge in [-0.15, -0.1) is 0 Å². The van der Waals surface area contributed by atoms with Crippen molar-refractivity contribution >= 4 is 17.8 Å². The molecule has 6 heteroatoms. The molecular formula is C7H11NO5. The maximum atomic E-state index is 10.8. The highest BCUT2D eigenvalue weighted by molar-refractivity contribution is 6.32. The van der Waals surface area contributed by atoms with E-state index < -0.39 is 23.9 Å². The number of esters is 1. The summed E-state index contributed by atoms with van der Waals surface area (Å²) in [5.74, 6) is -3.33. The van der Waals surface area contributed by atoms with Crippen molar-refractivity contribution in [2.75, 3.05) is 6.61 Å². The summed E-state index contributed by atoms with van der Waals surface area (Å²) in [7, 11) is 0. The van der Waals surface area contributed by atoms with Gasteiger partial charge >= 0.3 is 17.8 Å². The predicted octanol–water partition coefficient (Wildman–Crippen LogP) is -0.861. The van der Waals surface area contributed by atoms with E-state index in [2.05, 4.69) is 4.74 Å². The maximum Gasteiger partial charge on any atom is 0.396 e. The average molecular weight is 189 g/mol. The number of nitrogens with one attached hydrogen (secondary N) is 1. The number of rotatable bonds is 3. The van der Waals surface area contributed by atoms with Crippen molar-refractivity contribution in [3.05, 3.63) is 0 Å². The summed E-state index contributed by atoms with van der Waals surface area (Å²) in [6, 6.07) is -1.10. The number of carbonyl (C=O) groups is 3. The topological polar surface area (TPSA) is 92.7 Å². The van der Waals surface area contributed by atoms with Crippen LogP contribution in [0, 0.1) is 0 Å². The van der Waals surface area contributed by atoms with E-state index >= 15 is 0 Å². The number of aliphatic carboxylic acids is 1. The number of hydrogen-bond donors (Lipinski definition) is 2. The molecule has 0 aliphatic carbocycles. The molecule has 6 nitrogen and oxygen atoms in total. The lowest BCUT2D eigenvalue weighted by Gasteiger charge is -2.07. The van der Waals surface area contributed by atoms with Gasteiger partial charge in [0.1, 0.15) is 6.04 Å². The van der Waals surface area contributed by atoms with Gasteiger partial charge in [-0.2, -0.15) is 0 Å². The van der Waals surface area contributed by atoms with Crippen LogP contribution < -0.4 is 5.32 Å². The lowest BCUT2D eigenvalue weighted by Crippen LogP contribution is -2.42. The van der Waals surface area contributed by atoms with Gasteiger partial charge in [0.15, 0.2) is 0 Å². The van der Waals surface area contributed by atoms with E-state index in [1.165, 1.54) is 6.92 Å². The van der Waals surface area contributed by atoms with Crippen LogP contribution in [0.25, 0.3) is 0 Å². The van der Waals surface area contributed by atoms with E-state index in [-0.39, 0.29) is 6.61 Å². The number of ether oxygens (including phenoxy) is 1. The summed E-state index contributed by atoms with van der Waals surface area (Å²) in [6.45, 7) is 2.87. The molecule has 0 heterocycles. The van der Waals surface area contributed by atoms with Gasteiger partial charge < -0.3 is 15.2 Å². The van der Waals surface area contributed by atoms with Gasteiger partial charge in [-0.05, 0) is 13.8 Å². The van der Waals surface area contributed by atoms with Crippen molar-refractivity contribution < 1.29 is 24.2 Å². The van der Waals surface area contributed by atoms with Crippen molar-refractivity contribution in [3.63, 3.8) is 0 Å². The Hall–Kier alpha value is -1.59. The highest BCUT2D eigenvalue weighted by atomic mass is 16.5. The molecule has 1 amide bonds. The van der Waals surface area contributed by atoms with Crippen LogP contribution >= 0.6 is 0 Å². The summed E-state index contributed by atoms with van der Waals surface area (Å²) in [6.07, 6.45) is 0. The van der Waals surface area contributed by atoms with Crippen molar-refractivity contribution in [3.8, 4) is 0 Å². The Morgan fingerprint density at radius 2 is 2.00 bits per heavy atom. The molecule has 74 valence electrons. The predicted molar refractivity (Wildman–Crippen MR) is 41.9 cm³/mol. The first-order chi connectivity index (χ1) is 5.99.